The predicted molar refractivity (Wildman–Crippen MR) is 46.9 cm³/mol. The molecule has 0 aromatic heterocycles. The Hall–Kier alpha value is -1.84. The molecule has 1 aliphatic rings. The van der Waals surface area contributed by atoms with Gasteiger partial charge in [0.05, 0.1) is 0 Å². The van der Waals surface area contributed by atoms with Crippen molar-refractivity contribution in [3.63, 3.8) is 0 Å². The zero-order valence-electron chi connectivity index (χ0n) is 6.76. The summed E-state index contributed by atoms with van der Waals surface area (Å²) >= 11 is 0. The lowest BCUT2D eigenvalue weighted by Gasteiger charge is -1.99. The molecule has 0 aliphatic carbocycles. The lowest BCUT2D eigenvalue weighted by Crippen LogP contribution is -2.12. The normalized spacial score (nSPS) is 13.4. The van der Waals surface area contributed by atoms with Crippen LogP contribution in [-0.4, -0.2) is 12.3 Å². The highest BCUT2D eigenvalue weighted by Crippen LogP contribution is 2.19. The van der Waals surface area contributed by atoms with Crippen molar-refractivity contribution in [2.45, 2.75) is 6.54 Å². The molecule has 0 unspecified atom stereocenters. The molecule has 1 aliphatic heterocycles. The van der Waals surface area contributed by atoms with Gasteiger partial charge in [0.15, 0.2) is 0 Å². The van der Waals surface area contributed by atoms with Crippen LogP contribution in [0.3, 0.4) is 0 Å². The summed E-state index contributed by atoms with van der Waals surface area (Å²) < 4.78 is 0. The highest BCUT2D eigenvalue weighted by Gasteiger charge is 2.18. The van der Waals surface area contributed by atoms with Crippen molar-refractivity contribution in [1.82, 2.24) is 5.32 Å². The number of benzene rings is 1. The van der Waals surface area contributed by atoms with Gasteiger partial charge in [0.1, 0.15) is 0 Å². The van der Waals surface area contributed by atoms with Gasteiger partial charge < -0.3 is 10.6 Å². The van der Waals surface area contributed by atoms with Crippen molar-refractivity contribution in [3.8, 4) is 0 Å². The van der Waals surface area contributed by atoms with E-state index in [9.17, 15) is 9.59 Å². The van der Waals surface area contributed by atoms with Crippen molar-refractivity contribution < 1.29 is 9.59 Å². The molecule has 0 atom stereocenters. The molecule has 0 saturated carbocycles. The molecular weight excluding hydrogens is 168 g/mol. The van der Waals surface area contributed by atoms with Gasteiger partial charge in [-0.3, -0.25) is 9.59 Å². The van der Waals surface area contributed by atoms with E-state index in [1.807, 2.05) is 0 Å². The van der Waals surface area contributed by atoms with Gasteiger partial charge in [-0.2, -0.15) is 0 Å². The van der Waals surface area contributed by atoms with Crippen molar-refractivity contribution in [1.29, 1.82) is 0 Å². The molecular formula is C9H7N2O2. The van der Waals surface area contributed by atoms with E-state index in [0.29, 0.717) is 17.8 Å². The van der Waals surface area contributed by atoms with E-state index in [1.54, 1.807) is 24.6 Å². The fraction of sp³-hybridized carbons (Fsp3) is 0.111. The number of carbonyl (C=O) groups is 1. The Balaban J connectivity index is 2.39. The minimum atomic E-state index is -0.0587. The lowest BCUT2D eigenvalue weighted by atomic mass is 10.1. The molecule has 2 rings (SSSR count). The molecule has 1 aromatic rings. The first kappa shape index (κ1) is 7.79. The summed E-state index contributed by atoms with van der Waals surface area (Å²) in [4.78, 5) is 21.1. The molecule has 0 bridgehead atoms. The van der Waals surface area contributed by atoms with E-state index in [2.05, 4.69) is 10.6 Å². The number of hydrogen-bond acceptors (Lipinski definition) is 2. The summed E-state index contributed by atoms with van der Waals surface area (Å²) in [5.74, 6) is -0.0587. The molecule has 1 aromatic carbocycles. The zero-order chi connectivity index (χ0) is 9.26. The van der Waals surface area contributed by atoms with Crippen molar-refractivity contribution >= 4 is 18.0 Å². The largest absolute Gasteiger partial charge is 0.348 e. The van der Waals surface area contributed by atoms with E-state index in [1.165, 1.54) is 0 Å². The van der Waals surface area contributed by atoms with E-state index < -0.39 is 0 Å². The third-order valence-corrected chi connectivity index (χ3v) is 1.98. The third-order valence-electron chi connectivity index (χ3n) is 1.98. The number of nitrogens with one attached hydrogen (secondary N) is 2. The highest BCUT2D eigenvalue weighted by molar-refractivity contribution is 5.98. The first-order chi connectivity index (χ1) is 6.31. The van der Waals surface area contributed by atoms with Crippen LogP contribution < -0.4 is 10.6 Å². The number of carbonyl (C=O) groups excluding carboxylic acids is 2. The van der Waals surface area contributed by atoms with Crippen LogP contribution in [-0.2, 0) is 11.3 Å². The molecule has 13 heavy (non-hydrogen) atoms. The Morgan fingerprint density at radius 3 is 3.08 bits per heavy atom. The van der Waals surface area contributed by atoms with Crippen LogP contribution in [0.5, 0.6) is 0 Å². The van der Waals surface area contributed by atoms with Crippen LogP contribution in [0.2, 0.25) is 0 Å². The van der Waals surface area contributed by atoms with Gasteiger partial charge >= 0.3 is 6.41 Å². The quantitative estimate of drug-likeness (QED) is 0.639. The second kappa shape index (κ2) is 2.90. The number of hydrogen-bond donors (Lipinski definition) is 2. The predicted octanol–water partition coefficient (Wildman–Crippen LogP) is 0.409. The summed E-state index contributed by atoms with van der Waals surface area (Å²) in [6.07, 6.45) is 1.58. The van der Waals surface area contributed by atoms with Crippen LogP contribution in [0, 0.1) is 0 Å². The zero-order valence-corrected chi connectivity index (χ0v) is 6.76. The Morgan fingerprint density at radius 2 is 2.31 bits per heavy atom. The Labute approximate surface area is 74.9 Å². The standard InChI is InChI=1S/C9H7N2O2/c12-5-11-7-1-2-8-6(3-7)4-10-9(8)13/h1-3H,4H2,(H,10,13)(H,11,12). The fourth-order valence-electron chi connectivity index (χ4n) is 1.37. The average Bonchev–Trinajstić information content (AvgIpc) is 2.48. The number of anilines is 1. The number of rotatable bonds is 2. The fourth-order valence-corrected chi connectivity index (χ4v) is 1.37. The van der Waals surface area contributed by atoms with Crippen LogP contribution in [0.15, 0.2) is 18.2 Å². The van der Waals surface area contributed by atoms with Gasteiger partial charge in [0, 0.05) is 17.8 Å². The smallest absolute Gasteiger partial charge is 0.314 e. The number of fused-ring (bicyclic) bond motifs is 1. The number of amides is 2. The first-order valence-electron chi connectivity index (χ1n) is 3.85. The van der Waals surface area contributed by atoms with Gasteiger partial charge in [-0.25, -0.2) is 0 Å². The molecule has 2 N–H and O–H groups in total. The van der Waals surface area contributed by atoms with Crippen LogP contribution >= 0.6 is 0 Å². The molecule has 0 spiro atoms. The molecule has 65 valence electrons. The average molecular weight is 175 g/mol. The molecule has 0 fully saturated rings. The molecule has 1 heterocycles. The summed E-state index contributed by atoms with van der Waals surface area (Å²) in [7, 11) is 0. The highest BCUT2D eigenvalue weighted by atomic mass is 16.2. The van der Waals surface area contributed by atoms with E-state index >= 15 is 0 Å². The van der Waals surface area contributed by atoms with Crippen molar-refractivity contribution in [2.75, 3.05) is 5.32 Å². The second-order valence-corrected chi connectivity index (χ2v) is 2.78. The van der Waals surface area contributed by atoms with E-state index in [4.69, 9.17) is 0 Å². The van der Waals surface area contributed by atoms with Gasteiger partial charge in [0.2, 0.25) is 0 Å². The summed E-state index contributed by atoms with van der Waals surface area (Å²) in [5.41, 5.74) is 2.24. The van der Waals surface area contributed by atoms with E-state index in [-0.39, 0.29) is 5.91 Å². The molecule has 4 nitrogen and oxygen atoms in total. The second-order valence-electron chi connectivity index (χ2n) is 2.78. The summed E-state index contributed by atoms with van der Waals surface area (Å²) in [5, 5.41) is 5.10. The maximum atomic E-state index is 11.1. The third kappa shape index (κ3) is 1.26. The monoisotopic (exact) mass is 175 g/mol. The minimum Gasteiger partial charge on any atom is -0.348 e. The topological polar surface area (TPSA) is 58.2 Å². The van der Waals surface area contributed by atoms with Crippen LogP contribution in [0.4, 0.5) is 5.69 Å². The molecule has 2 amide bonds. The molecule has 0 saturated heterocycles. The molecule has 4 heteroatoms. The van der Waals surface area contributed by atoms with Gasteiger partial charge in [-0.05, 0) is 23.8 Å². The maximum absolute atomic E-state index is 11.1. The van der Waals surface area contributed by atoms with Gasteiger partial charge in [-0.1, -0.05) is 0 Å². The SMILES string of the molecule is O=[C]Nc1ccc2c(c1)CNC2=O. The Morgan fingerprint density at radius 1 is 1.46 bits per heavy atom. The maximum Gasteiger partial charge on any atom is 0.314 e. The molecule has 1 radical (unpaired) electrons. The van der Waals surface area contributed by atoms with Gasteiger partial charge in [-0.15, -0.1) is 0 Å². The summed E-state index contributed by atoms with van der Waals surface area (Å²) in [6.45, 7) is 0.530. The van der Waals surface area contributed by atoms with Crippen molar-refractivity contribution in [2.24, 2.45) is 0 Å². The van der Waals surface area contributed by atoms with E-state index in [0.717, 1.165) is 5.56 Å². The van der Waals surface area contributed by atoms with Crippen LogP contribution in [0.1, 0.15) is 15.9 Å². The first-order valence-corrected chi connectivity index (χ1v) is 3.85. The minimum absolute atomic E-state index is 0.0587. The summed E-state index contributed by atoms with van der Waals surface area (Å²) in [6, 6.07) is 5.13. The Kier molecular flexibility index (Phi) is 1.73. The van der Waals surface area contributed by atoms with Crippen LogP contribution in [0.25, 0.3) is 0 Å². The van der Waals surface area contributed by atoms with Crippen molar-refractivity contribution in [3.05, 3.63) is 29.3 Å². The lowest BCUT2D eigenvalue weighted by molar-refractivity contribution is 0.0966. The Bertz CT molecular complexity index is 374. The van der Waals surface area contributed by atoms with Gasteiger partial charge in [0.25, 0.3) is 5.91 Å².